The molecule has 0 bridgehead atoms. The summed E-state index contributed by atoms with van der Waals surface area (Å²) in [6.45, 7) is 0. The first-order chi connectivity index (χ1) is 12.6. The fourth-order valence-corrected chi connectivity index (χ4v) is 3.40. The lowest BCUT2D eigenvalue weighted by atomic mass is 10.1. The van der Waals surface area contributed by atoms with Crippen LogP contribution in [0.4, 0.5) is 5.69 Å². The van der Waals surface area contributed by atoms with Crippen LogP contribution in [0.3, 0.4) is 0 Å². The summed E-state index contributed by atoms with van der Waals surface area (Å²) in [6, 6.07) is 10.8. The minimum absolute atomic E-state index is 0.0977. The summed E-state index contributed by atoms with van der Waals surface area (Å²) < 4.78 is 31.0. The molecule has 0 unspecified atom stereocenters. The highest BCUT2D eigenvalue weighted by Gasteiger charge is 2.24. The Kier molecular flexibility index (Phi) is 6.19. The minimum Gasteiger partial charge on any atom is -0.495 e. The fourth-order valence-electron chi connectivity index (χ4n) is 2.33. The zero-order valence-corrected chi connectivity index (χ0v) is 16.0. The number of sulfonamides is 1. The molecule has 8 nitrogen and oxygen atoms in total. The Morgan fingerprint density at radius 2 is 1.74 bits per heavy atom. The molecule has 0 aromatic heterocycles. The van der Waals surface area contributed by atoms with Crippen LogP contribution in [0.1, 0.15) is 15.9 Å². The smallest absolute Gasteiger partial charge is 0.255 e. The number of nitrogens with two attached hydrogens (primary N) is 1. The van der Waals surface area contributed by atoms with Crippen LogP contribution in [0.25, 0.3) is 0 Å². The number of ether oxygens (including phenoxy) is 1. The number of benzene rings is 2. The van der Waals surface area contributed by atoms with Gasteiger partial charge in [0.15, 0.2) is 0 Å². The largest absolute Gasteiger partial charge is 0.495 e. The number of anilines is 1. The van der Waals surface area contributed by atoms with Crippen LogP contribution in [-0.2, 0) is 21.2 Å². The Bertz CT molecular complexity index is 953. The molecule has 0 aliphatic rings. The lowest BCUT2D eigenvalue weighted by Gasteiger charge is -2.15. The van der Waals surface area contributed by atoms with E-state index in [9.17, 15) is 18.0 Å². The number of carbonyl (C=O) groups excluding carboxylic acids is 2. The van der Waals surface area contributed by atoms with Gasteiger partial charge < -0.3 is 15.8 Å². The summed E-state index contributed by atoms with van der Waals surface area (Å²) in [5, 5.41) is 2.68. The van der Waals surface area contributed by atoms with Crippen LogP contribution >= 0.6 is 0 Å². The predicted octanol–water partition coefficient (Wildman–Crippen LogP) is 1.23. The summed E-state index contributed by atoms with van der Waals surface area (Å²) in [7, 11) is 0.373. The van der Waals surface area contributed by atoms with Gasteiger partial charge in [-0.05, 0) is 35.9 Å². The molecule has 0 radical (unpaired) electrons. The van der Waals surface area contributed by atoms with Gasteiger partial charge in [0.25, 0.3) is 5.91 Å². The summed E-state index contributed by atoms with van der Waals surface area (Å²) in [4.78, 5) is 23.3. The van der Waals surface area contributed by atoms with Gasteiger partial charge in [-0.3, -0.25) is 9.59 Å². The zero-order valence-electron chi connectivity index (χ0n) is 15.2. The van der Waals surface area contributed by atoms with Crippen molar-refractivity contribution in [2.45, 2.75) is 11.3 Å². The molecule has 27 heavy (non-hydrogen) atoms. The maximum absolute atomic E-state index is 12.5. The minimum atomic E-state index is -3.78. The van der Waals surface area contributed by atoms with E-state index in [1.165, 1.54) is 39.4 Å². The first kappa shape index (κ1) is 20.4. The van der Waals surface area contributed by atoms with Gasteiger partial charge >= 0.3 is 0 Å². The van der Waals surface area contributed by atoms with E-state index in [2.05, 4.69) is 5.32 Å². The normalized spacial score (nSPS) is 11.3. The number of hydrogen-bond acceptors (Lipinski definition) is 5. The molecule has 0 fully saturated rings. The van der Waals surface area contributed by atoms with Crippen LogP contribution < -0.4 is 15.8 Å². The fraction of sp³-hybridized carbons (Fsp3) is 0.222. The number of carbonyl (C=O) groups is 2. The molecule has 0 heterocycles. The molecule has 0 atom stereocenters. The number of amides is 2. The number of rotatable bonds is 7. The van der Waals surface area contributed by atoms with Crippen molar-refractivity contribution in [2.75, 3.05) is 26.5 Å². The molecule has 0 spiro atoms. The van der Waals surface area contributed by atoms with Crippen LogP contribution in [0, 0.1) is 0 Å². The third-order valence-corrected chi connectivity index (χ3v) is 5.61. The summed E-state index contributed by atoms with van der Waals surface area (Å²) in [6.07, 6.45) is 0.110. The highest BCUT2D eigenvalue weighted by molar-refractivity contribution is 7.89. The molecule has 2 rings (SSSR count). The molecule has 3 N–H and O–H groups in total. The molecule has 0 aliphatic carbocycles. The maximum atomic E-state index is 12.5. The van der Waals surface area contributed by atoms with Crippen LogP contribution in [-0.4, -0.2) is 45.7 Å². The van der Waals surface area contributed by atoms with Gasteiger partial charge in [-0.2, -0.15) is 0 Å². The number of methoxy groups -OCH3 is 1. The molecule has 9 heteroatoms. The van der Waals surface area contributed by atoms with E-state index in [0.29, 0.717) is 5.69 Å². The second-order valence-electron chi connectivity index (χ2n) is 5.95. The number of primary amides is 1. The molecule has 144 valence electrons. The van der Waals surface area contributed by atoms with E-state index in [4.69, 9.17) is 10.5 Å². The first-order valence-corrected chi connectivity index (χ1v) is 9.38. The lowest BCUT2D eigenvalue weighted by molar-refractivity contribution is -0.117. The van der Waals surface area contributed by atoms with Crippen molar-refractivity contribution in [1.82, 2.24) is 4.31 Å². The molecule has 0 saturated carbocycles. The molecular weight excluding hydrogens is 370 g/mol. The first-order valence-electron chi connectivity index (χ1n) is 7.94. The van der Waals surface area contributed by atoms with E-state index in [-0.39, 0.29) is 22.6 Å². The van der Waals surface area contributed by atoms with Crippen LogP contribution in [0.2, 0.25) is 0 Å². The molecular formula is C18H21N3O5S. The zero-order chi connectivity index (χ0) is 20.2. The monoisotopic (exact) mass is 391 g/mol. The average Bonchev–Trinajstić information content (AvgIpc) is 2.62. The van der Waals surface area contributed by atoms with E-state index in [1.54, 1.807) is 24.3 Å². The van der Waals surface area contributed by atoms with Crippen molar-refractivity contribution in [2.24, 2.45) is 5.73 Å². The number of hydrogen-bond donors (Lipinski definition) is 2. The van der Waals surface area contributed by atoms with Gasteiger partial charge in [0.1, 0.15) is 10.6 Å². The third kappa shape index (κ3) is 4.83. The Hall–Kier alpha value is -2.91. The molecule has 0 saturated heterocycles. The summed E-state index contributed by atoms with van der Waals surface area (Å²) >= 11 is 0. The van der Waals surface area contributed by atoms with Gasteiger partial charge in [0.2, 0.25) is 15.9 Å². The van der Waals surface area contributed by atoms with Crippen molar-refractivity contribution in [3.8, 4) is 5.75 Å². The van der Waals surface area contributed by atoms with Gasteiger partial charge in [-0.15, -0.1) is 0 Å². The van der Waals surface area contributed by atoms with Crippen molar-refractivity contribution in [3.63, 3.8) is 0 Å². The van der Waals surface area contributed by atoms with E-state index < -0.39 is 21.8 Å². The molecule has 0 aliphatic heterocycles. The topological polar surface area (TPSA) is 119 Å². The molecule has 2 aromatic carbocycles. The second-order valence-corrected chi connectivity index (χ2v) is 8.07. The van der Waals surface area contributed by atoms with Crippen LogP contribution in [0.5, 0.6) is 5.75 Å². The van der Waals surface area contributed by atoms with Gasteiger partial charge in [0, 0.05) is 25.3 Å². The Morgan fingerprint density at radius 3 is 2.26 bits per heavy atom. The van der Waals surface area contributed by atoms with Gasteiger partial charge in [0.05, 0.1) is 13.5 Å². The van der Waals surface area contributed by atoms with Crippen molar-refractivity contribution < 1.29 is 22.7 Å². The van der Waals surface area contributed by atoms with E-state index in [1.807, 2.05) is 0 Å². The standard InChI is InChI=1S/C18H21N3O5S/c1-21(2)27(24,25)16-11-13(6-9-15(16)26-3)18(23)20-14-7-4-12(5-8-14)10-17(19)22/h4-9,11H,10H2,1-3H3,(H2,19,22)(H,20,23). The van der Waals surface area contributed by atoms with E-state index in [0.717, 1.165) is 9.87 Å². The summed E-state index contributed by atoms with van der Waals surface area (Å²) in [5.41, 5.74) is 6.53. The van der Waals surface area contributed by atoms with Crippen molar-refractivity contribution in [1.29, 1.82) is 0 Å². The van der Waals surface area contributed by atoms with Gasteiger partial charge in [-0.1, -0.05) is 12.1 Å². The van der Waals surface area contributed by atoms with Crippen LogP contribution in [0.15, 0.2) is 47.4 Å². The summed E-state index contributed by atoms with van der Waals surface area (Å²) in [5.74, 6) is -0.772. The van der Waals surface area contributed by atoms with Crippen molar-refractivity contribution >= 4 is 27.5 Å². The maximum Gasteiger partial charge on any atom is 0.255 e. The highest BCUT2D eigenvalue weighted by atomic mass is 32.2. The Balaban J connectivity index is 2.27. The number of nitrogens with zero attached hydrogens (tertiary/aromatic N) is 1. The van der Waals surface area contributed by atoms with Gasteiger partial charge in [-0.25, -0.2) is 12.7 Å². The third-order valence-electron chi connectivity index (χ3n) is 3.77. The van der Waals surface area contributed by atoms with E-state index >= 15 is 0 Å². The SMILES string of the molecule is COc1ccc(C(=O)Nc2ccc(CC(N)=O)cc2)cc1S(=O)(=O)N(C)C. The predicted molar refractivity (Wildman–Crippen MR) is 101 cm³/mol. The Labute approximate surface area is 158 Å². The highest BCUT2D eigenvalue weighted by Crippen LogP contribution is 2.27. The lowest BCUT2D eigenvalue weighted by Crippen LogP contribution is -2.23. The quantitative estimate of drug-likeness (QED) is 0.736. The van der Waals surface area contributed by atoms with Crippen molar-refractivity contribution in [3.05, 3.63) is 53.6 Å². The Morgan fingerprint density at radius 1 is 1.11 bits per heavy atom. The average molecular weight is 391 g/mol. The molecule has 2 aromatic rings. The second kappa shape index (κ2) is 8.19. The number of nitrogens with one attached hydrogen (secondary N) is 1. The molecule has 2 amide bonds.